The topological polar surface area (TPSA) is 91.0 Å². The fraction of sp³-hybridized carbons (Fsp3) is 0.483. The number of nitrogens with one attached hydrogen (secondary N) is 2. The van der Waals surface area contributed by atoms with Gasteiger partial charge in [0.2, 0.25) is 10.0 Å². The van der Waals surface area contributed by atoms with Gasteiger partial charge in [-0.2, -0.15) is 0 Å². The molecule has 1 aliphatic carbocycles. The summed E-state index contributed by atoms with van der Waals surface area (Å²) in [5.74, 6) is 1.36. The Hall–Kier alpha value is -3.04. The van der Waals surface area contributed by atoms with E-state index in [-0.39, 0.29) is 12.1 Å². The molecule has 206 valence electrons. The number of carbonyl (C=O) groups excluding carboxylic acids is 1. The van der Waals surface area contributed by atoms with Crippen molar-refractivity contribution in [2.75, 3.05) is 30.6 Å². The molecule has 0 saturated carbocycles. The van der Waals surface area contributed by atoms with Gasteiger partial charge in [0, 0.05) is 44.0 Å². The molecule has 0 aromatic heterocycles. The van der Waals surface area contributed by atoms with Crippen LogP contribution in [0.25, 0.3) is 0 Å². The molecule has 2 amide bonds. The maximum Gasteiger partial charge on any atom is 0.317 e. The van der Waals surface area contributed by atoms with Crippen molar-refractivity contribution >= 4 is 21.7 Å². The quantitative estimate of drug-likeness (QED) is 0.375. The molecule has 2 aromatic carbocycles. The van der Waals surface area contributed by atoms with Gasteiger partial charge < -0.3 is 15.0 Å². The Morgan fingerprint density at radius 2 is 1.61 bits per heavy atom. The van der Waals surface area contributed by atoms with Crippen LogP contribution < -0.4 is 14.8 Å². The van der Waals surface area contributed by atoms with E-state index in [2.05, 4.69) is 51.0 Å². The maximum absolute atomic E-state index is 13.0. The lowest BCUT2D eigenvalue weighted by Crippen LogP contribution is -2.51. The third-order valence-electron chi connectivity index (χ3n) is 7.08. The van der Waals surface area contributed by atoms with E-state index in [1.54, 1.807) is 24.3 Å². The summed E-state index contributed by atoms with van der Waals surface area (Å²) >= 11 is 0. The molecule has 4 rings (SSSR count). The number of sulfonamides is 1. The predicted molar refractivity (Wildman–Crippen MR) is 152 cm³/mol. The number of unbranched alkanes of at least 4 members (excludes halogenated alkanes) is 1. The average molecular weight is 541 g/mol. The second-order valence-corrected chi connectivity index (χ2v) is 12.0. The van der Waals surface area contributed by atoms with Crippen LogP contribution in [0.1, 0.15) is 51.0 Å². The summed E-state index contributed by atoms with van der Waals surface area (Å²) in [7, 11) is -3.30. The van der Waals surface area contributed by atoms with Crippen LogP contribution in [0.15, 0.2) is 60.7 Å². The van der Waals surface area contributed by atoms with E-state index in [0.29, 0.717) is 17.5 Å². The number of ether oxygens (including phenoxy) is 1. The van der Waals surface area contributed by atoms with Gasteiger partial charge in [-0.25, -0.2) is 13.2 Å². The highest BCUT2D eigenvalue weighted by atomic mass is 32.2. The van der Waals surface area contributed by atoms with E-state index in [9.17, 15) is 13.2 Å². The van der Waals surface area contributed by atoms with Gasteiger partial charge >= 0.3 is 6.03 Å². The van der Waals surface area contributed by atoms with Crippen LogP contribution in [0.2, 0.25) is 0 Å². The van der Waals surface area contributed by atoms with Gasteiger partial charge in [-0.3, -0.25) is 9.62 Å². The Labute approximate surface area is 227 Å². The Morgan fingerprint density at radius 1 is 1.00 bits per heavy atom. The number of piperidine rings is 1. The van der Waals surface area contributed by atoms with Crippen molar-refractivity contribution in [3.8, 4) is 11.5 Å². The first-order valence-corrected chi connectivity index (χ1v) is 15.5. The van der Waals surface area contributed by atoms with Crippen molar-refractivity contribution in [2.24, 2.45) is 0 Å². The summed E-state index contributed by atoms with van der Waals surface area (Å²) in [5.41, 5.74) is 1.71. The van der Waals surface area contributed by atoms with Crippen molar-refractivity contribution in [1.82, 2.24) is 15.1 Å². The smallest absolute Gasteiger partial charge is 0.317 e. The highest BCUT2D eigenvalue weighted by molar-refractivity contribution is 7.92. The van der Waals surface area contributed by atoms with Gasteiger partial charge in [-0.1, -0.05) is 37.6 Å². The minimum Gasteiger partial charge on any atom is -0.457 e. The minimum absolute atomic E-state index is 0.0995. The Morgan fingerprint density at radius 3 is 2.18 bits per heavy atom. The standard InChI is InChI=1S/C29H40N4O4S/c1-3-4-19-33(26-7-5-6-8-26)29(34)30-24-17-20-32(21-18-24)22-23-9-13-27(14-10-23)37-28-15-11-25(12-16-28)31-38(2,35)36/h5-6,9-16,24,26,31H,3-4,7-8,17-22H2,1-2H3,(H,30,34). The number of urea groups is 1. The van der Waals surface area contributed by atoms with Gasteiger partial charge in [0.15, 0.2) is 0 Å². The number of rotatable bonds is 11. The highest BCUT2D eigenvalue weighted by Gasteiger charge is 2.27. The van der Waals surface area contributed by atoms with E-state index in [0.717, 1.165) is 76.7 Å². The second-order valence-electron chi connectivity index (χ2n) is 10.3. The van der Waals surface area contributed by atoms with E-state index in [4.69, 9.17) is 4.74 Å². The number of amides is 2. The monoisotopic (exact) mass is 540 g/mol. The predicted octanol–water partition coefficient (Wildman–Crippen LogP) is 5.35. The zero-order valence-electron chi connectivity index (χ0n) is 22.4. The number of likely N-dealkylation sites (tertiary alicyclic amines) is 1. The molecule has 2 aromatic rings. The van der Waals surface area contributed by atoms with Crippen LogP contribution in [0.4, 0.5) is 10.5 Å². The molecule has 8 nitrogen and oxygen atoms in total. The molecule has 0 unspecified atom stereocenters. The third kappa shape index (κ3) is 8.49. The van der Waals surface area contributed by atoms with Crippen molar-refractivity contribution in [3.05, 3.63) is 66.2 Å². The average Bonchev–Trinajstić information content (AvgIpc) is 3.42. The summed E-state index contributed by atoms with van der Waals surface area (Å²) in [4.78, 5) is 17.5. The van der Waals surface area contributed by atoms with Crippen molar-refractivity contribution in [3.63, 3.8) is 0 Å². The van der Waals surface area contributed by atoms with Crippen LogP contribution in [-0.4, -0.2) is 62.2 Å². The molecule has 38 heavy (non-hydrogen) atoms. The van der Waals surface area contributed by atoms with E-state index < -0.39 is 10.0 Å². The lowest BCUT2D eigenvalue weighted by Gasteiger charge is -2.35. The number of anilines is 1. The zero-order valence-corrected chi connectivity index (χ0v) is 23.3. The number of hydrogen-bond donors (Lipinski definition) is 2. The summed E-state index contributed by atoms with van der Waals surface area (Å²) in [6.07, 6.45) is 11.5. The number of hydrogen-bond acceptors (Lipinski definition) is 5. The highest BCUT2D eigenvalue weighted by Crippen LogP contribution is 2.25. The molecular formula is C29H40N4O4S. The maximum atomic E-state index is 13.0. The fourth-order valence-corrected chi connectivity index (χ4v) is 5.56. The molecule has 1 heterocycles. The van der Waals surface area contributed by atoms with Crippen molar-refractivity contribution in [2.45, 2.75) is 64.1 Å². The third-order valence-corrected chi connectivity index (χ3v) is 7.68. The molecule has 2 N–H and O–H groups in total. The van der Waals surface area contributed by atoms with Gasteiger partial charge in [0.1, 0.15) is 11.5 Å². The SMILES string of the molecule is CCCCN(C(=O)NC1CCN(Cc2ccc(Oc3ccc(NS(C)(=O)=O)cc3)cc2)CC1)C1CC=CC1. The van der Waals surface area contributed by atoms with Crippen LogP contribution in [0.3, 0.4) is 0 Å². The molecule has 1 aliphatic heterocycles. The molecule has 1 saturated heterocycles. The van der Waals surface area contributed by atoms with E-state index >= 15 is 0 Å². The van der Waals surface area contributed by atoms with Gasteiger partial charge in [-0.05, 0) is 74.1 Å². The Kier molecular flexibility index (Phi) is 9.69. The van der Waals surface area contributed by atoms with E-state index in [1.807, 2.05) is 12.1 Å². The molecule has 0 bridgehead atoms. The number of nitrogens with zero attached hydrogens (tertiary/aromatic N) is 2. The van der Waals surface area contributed by atoms with Gasteiger partial charge in [0.25, 0.3) is 0 Å². The molecule has 1 fully saturated rings. The first kappa shape index (κ1) is 28.0. The van der Waals surface area contributed by atoms with Crippen LogP contribution in [0.5, 0.6) is 11.5 Å². The molecule has 0 spiro atoms. The first-order valence-electron chi connectivity index (χ1n) is 13.6. The minimum atomic E-state index is -3.30. The van der Waals surface area contributed by atoms with E-state index in [1.165, 1.54) is 5.56 Å². The van der Waals surface area contributed by atoms with Crippen LogP contribution in [-0.2, 0) is 16.6 Å². The van der Waals surface area contributed by atoms with Gasteiger partial charge in [0.05, 0.1) is 6.26 Å². The summed E-state index contributed by atoms with van der Waals surface area (Å²) < 4.78 is 31.0. The van der Waals surface area contributed by atoms with Crippen LogP contribution >= 0.6 is 0 Å². The lowest BCUT2D eigenvalue weighted by molar-refractivity contribution is 0.155. The Bertz CT molecular complexity index is 1170. The lowest BCUT2D eigenvalue weighted by atomic mass is 10.0. The number of carbonyl (C=O) groups is 1. The molecule has 2 aliphatic rings. The largest absolute Gasteiger partial charge is 0.457 e. The van der Waals surface area contributed by atoms with Crippen molar-refractivity contribution in [1.29, 1.82) is 0 Å². The zero-order chi connectivity index (χ0) is 27.0. The first-order chi connectivity index (χ1) is 18.3. The summed E-state index contributed by atoms with van der Waals surface area (Å²) in [5, 5.41) is 3.32. The number of benzene rings is 2. The molecule has 0 atom stereocenters. The molecule has 0 radical (unpaired) electrons. The Balaban J connectivity index is 1.21. The normalized spacial score (nSPS) is 16.9. The van der Waals surface area contributed by atoms with Crippen LogP contribution in [0, 0.1) is 0 Å². The summed E-state index contributed by atoms with van der Waals surface area (Å²) in [6.45, 7) is 5.77. The van der Waals surface area contributed by atoms with Gasteiger partial charge in [-0.15, -0.1) is 0 Å². The van der Waals surface area contributed by atoms with Crippen molar-refractivity contribution < 1.29 is 17.9 Å². The molecular weight excluding hydrogens is 500 g/mol. The molecule has 9 heteroatoms. The fourth-order valence-electron chi connectivity index (χ4n) is 4.99. The summed E-state index contributed by atoms with van der Waals surface area (Å²) in [6, 6.07) is 15.5. The second kappa shape index (κ2) is 13.2.